The fraction of sp³-hybridized carbons (Fsp3) is 0.308. The van der Waals surface area contributed by atoms with E-state index in [1.165, 1.54) is 12.1 Å². The number of rotatable bonds is 4. The van der Waals surface area contributed by atoms with Gasteiger partial charge in [-0.1, -0.05) is 13.8 Å². The van der Waals surface area contributed by atoms with Crippen molar-refractivity contribution >= 4 is 11.6 Å². The molecule has 1 rings (SSSR count). The van der Waals surface area contributed by atoms with E-state index in [1.54, 1.807) is 6.07 Å². The lowest BCUT2D eigenvalue weighted by molar-refractivity contribution is -0.115. The van der Waals surface area contributed by atoms with E-state index >= 15 is 0 Å². The molecule has 5 nitrogen and oxygen atoms in total. The number of carbonyl (C=O) groups excluding carboxylic acids is 1. The average Bonchev–Trinajstić information content (AvgIpc) is 2.36. The van der Waals surface area contributed by atoms with E-state index in [1.807, 2.05) is 26.0 Å². The summed E-state index contributed by atoms with van der Waals surface area (Å²) in [5.41, 5.74) is 1.07. The van der Waals surface area contributed by atoms with Gasteiger partial charge in [0, 0.05) is 11.7 Å². The van der Waals surface area contributed by atoms with Gasteiger partial charge < -0.3 is 10.6 Å². The van der Waals surface area contributed by atoms with E-state index in [4.69, 9.17) is 10.5 Å². The Bertz CT molecular complexity index is 523. The molecule has 0 aliphatic heterocycles. The third-order valence-corrected chi connectivity index (χ3v) is 2.22. The summed E-state index contributed by atoms with van der Waals surface area (Å²) in [5.74, 6) is -0.183. The van der Waals surface area contributed by atoms with Gasteiger partial charge in [0.15, 0.2) is 0 Å². The molecule has 0 bridgehead atoms. The number of nitrogens with zero attached hydrogens (tertiary/aromatic N) is 2. The van der Waals surface area contributed by atoms with Crippen molar-refractivity contribution in [1.82, 2.24) is 5.32 Å². The highest BCUT2D eigenvalue weighted by Crippen LogP contribution is 2.14. The van der Waals surface area contributed by atoms with Gasteiger partial charge >= 0.3 is 0 Å². The molecule has 2 N–H and O–H groups in total. The number of anilines is 1. The average molecular weight is 242 g/mol. The Hall–Kier alpha value is -2.37. The number of hydrogen-bond acceptors (Lipinski definition) is 4. The van der Waals surface area contributed by atoms with E-state index in [0.29, 0.717) is 11.3 Å². The van der Waals surface area contributed by atoms with Crippen molar-refractivity contribution in [2.45, 2.75) is 19.9 Å². The summed E-state index contributed by atoms with van der Waals surface area (Å²) in [6.45, 7) is 4.10. The highest BCUT2D eigenvalue weighted by Gasteiger charge is 2.06. The largest absolute Gasteiger partial charge is 0.325 e. The van der Waals surface area contributed by atoms with Crippen LogP contribution in [0.5, 0.6) is 0 Å². The molecule has 18 heavy (non-hydrogen) atoms. The molecule has 0 aromatic heterocycles. The first-order valence-electron chi connectivity index (χ1n) is 5.54. The predicted octanol–water partition coefficient (Wildman–Crippen LogP) is 1.37. The number of nitriles is 2. The molecule has 0 heterocycles. The maximum Gasteiger partial charge on any atom is 0.238 e. The van der Waals surface area contributed by atoms with Gasteiger partial charge in [0.1, 0.15) is 12.1 Å². The number of benzene rings is 1. The van der Waals surface area contributed by atoms with Gasteiger partial charge in [0.05, 0.1) is 17.7 Å². The normalized spacial score (nSPS) is 9.61. The van der Waals surface area contributed by atoms with E-state index in [9.17, 15) is 4.79 Å². The third kappa shape index (κ3) is 3.89. The standard InChI is InChI=1S/C13H14N4O/c1-9(2)16-8-13(18)17-12-4-3-10(6-14)11(5-12)7-15/h3-5,9,16H,8H2,1-2H3,(H,17,18). The van der Waals surface area contributed by atoms with Gasteiger partial charge in [0.2, 0.25) is 5.91 Å². The fourth-order valence-corrected chi connectivity index (χ4v) is 1.31. The molecule has 1 amide bonds. The molecule has 0 radical (unpaired) electrons. The number of carbonyl (C=O) groups is 1. The predicted molar refractivity (Wildman–Crippen MR) is 67.6 cm³/mol. The molecule has 0 fully saturated rings. The first kappa shape index (κ1) is 13.7. The first-order valence-corrected chi connectivity index (χ1v) is 5.54. The van der Waals surface area contributed by atoms with Crippen LogP contribution in [0.25, 0.3) is 0 Å². The molecule has 0 aliphatic carbocycles. The molecule has 0 spiro atoms. The van der Waals surface area contributed by atoms with Crippen molar-refractivity contribution in [1.29, 1.82) is 10.5 Å². The number of amides is 1. The van der Waals surface area contributed by atoms with Gasteiger partial charge in [-0.3, -0.25) is 4.79 Å². The second-order valence-electron chi connectivity index (χ2n) is 4.07. The van der Waals surface area contributed by atoms with Gasteiger partial charge in [-0.15, -0.1) is 0 Å². The summed E-state index contributed by atoms with van der Waals surface area (Å²) < 4.78 is 0. The maximum atomic E-state index is 11.5. The maximum absolute atomic E-state index is 11.5. The topological polar surface area (TPSA) is 88.7 Å². The van der Waals surface area contributed by atoms with Gasteiger partial charge in [-0.2, -0.15) is 10.5 Å². The van der Waals surface area contributed by atoms with Crippen molar-refractivity contribution in [3.8, 4) is 12.1 Å². The van der Waals surface area contributed by atoms with Crippen LogP contribution in [0, 0.1) is 22.7 Å². The quantitative estimate of drug-likeness (QED) is 0.834. The highest BCUT2D eigenvalue weighted by atomic mass is 16.1. The van der Waals surface area contributed by atoms with Crippen LogP contribution in [0.15, 0.2) is 18.2 Å². The minimum Gasteiger partial charge on any atom is -0.325 e. The van der Waals surface area contributed by atoms with Crippen LogP contribution in [-0.2, 0) is 4.79 Å². The molecule has 1 aromatic carbocycles. The zero-order valence-corrected chi connectivity index (χ0v) is 10.3. The van der Waals surface area contributed by atoms with E-state index in [2.05, 4.69) is 10.6 Å². The van der Waals surface area contributed by atoms with Crippen molar-refractivity contribution in [3.63, 3.8) is 0 Å². The molecule has 0 saturated carbocycles. The Morgan fingerprint density at radius 2 is 1.94 bits per heavy atom. The highest BCUT2D eigenvalue weighted by molar-refractivity contribution is 5.92. The molecule has 0 atom stereocenters. The van der Waals surface area contributed by atoms with Crippen molar-refractivity contribution in [2.24, 2.45) is 0 Å². The number of nitrogens with one attached hydrogen (secondary N) is 2. The third-order valence-electron chi connectivity index (χ3n) is 2.22. The van der Waals surface area contributed by atoms with Crippen molar-refractivity contribution in [3.05, 3.63) is 29.3 Å². The summed E-state index contributed by atoms with van der Waals surface area (Å²) >= 11 is 0. The lowest BCUT2D eigenvalue weighted by Gasteiger charge is -2.09. The van der Waals surface area contributed by atoms with Crippen molar-refractivity contribution in [2.75, 3.05) is 11.9 Å². The fourth-order valence-electron chi connectivity index (χ4n) is 1.31. The molecule has 1 aromatic rings. The Kier molecular flexibility index (Phi) is 4.86. The van der Waals surface area contributed by atoms with Crippen LogP contribution in [0.4, 0.5) is 5.69 Å². The van der Waals surface area contributed by atoms with Gasteiger partial charge in [-0.05, 0) is 18.2 Å². The Balaban J connectivity index is 2.72. The number of hydrogen-bond donors (Lipinski definition) is 2. The van der Waals surface area contributed by atoms with Crippen LogP contribution in [-0.4, -0.2) is 18.5 Å². The first-order chi connectivity index (χ1) is 8.56. The van der Waals surface area contributed by atoms with Gasteiger partial charge in [0.25, 0.3) is 0 Å². The van der Waals surface area contributed by atoms with Gasteiger partial charge in [-0.25, -0.2) is 0 Å². The molecule has 92 valence electrons. The summed E-state index contributed by atoms with van der Waals surface area (Å²) in [7, 11) is 0. The summed E-state index contributed by atoms with van der Waals surface area (Å²) in [5, 5.41) is 23.3. The minimum absolute atomic E-state index is 0.183. The molecular formula is C13H14N4O. The Morgan fingerprint density at radius 1 is 1.28 bits per heavy atom. The van der Waals surface area contributed by atoms with Crippen LogP contribution in [0.1, 0.15) is 25.0 Å². The van der Waals surface area contributed by atoms with E-state index < -0.39 is 0 Å². The molecular weight excluding hydrogens is 228 g/mol. The zero-order chi connectivity index (χ0) is 13.5. The Morgan fingerprint density at radius 3 is 2.50 bits per heavy atom. The van der Waals surface area contributed by atoms with Crippen LogP contribution in [0.2, 0.25) is 0 Å². The molecule has 0 aliphatic rings. The second-order valence-corrected chi connectivity index (χ2v) is 4.07. The zero-order valence-electron chi connectivity index (χ0n) is 10.3. The lowest BCUT2D eigenvalue weighted by atomic mass is 10.1. The van der Waals surface area contributed by atoms with Crippen LogP contribution in [0.3, 0.4) is 0 Å². The lowest BCUT2D eigenvalue weighted by Crippen LogP contribution is -2.32. The SMILES string of the molecule is CC(C)NCC(=O)Nc1ccc(C#N)c(C#N)c1. The molecule has 0 saturated heterocycles. The van der Waals surface area contributed by atoms with Crippen molar-refractivity contribution < 1.29 is 4.79 Å². The summed E-state index contributed by atoms with van der Waals surface area (Å²) in [6, 6.07) is 8.68. The molecule has 5 heteroatoms. The smallest absolute Gasteiger partial charge is 0.238 e. The minimum atomic E-state index is -0.183. The monoisotopic (exact) mass is 242 g/mol. The molecule has 0 unspecified atom stereocenters. The summed E-state index contributed by atoms with van der Waals surface area (Å²) in [6.07, 6.45) is 0. The Labute approximate surface area is 106 Å². The van der Waals surface area contributed by atoms with E-state index in [0.717, 1.165) is 0 Å². The van der Waals surface area contributed by atoms with Crippen LogP contribution >= 0.6 is 0 Å². The second kappa shape index (κ2) is 6.39. The summed E-state index contributed by atoms with van der Waals surface area (Å²) in [4.78, 5) is 11.5. The van der Waals surface area contributed by atoms with E-state index in [-0.39, 0.29) is 24.1 Å². The van der Waals surface area contributed by atoms with Crippen LogP contribution < -0.4 is 10.6 Å².